The molecule has 0 spiro atoms. The lowest BCUT2D eigenvalue weighted by Gasteiger charge is -2.17. The number of aromatic hydroxyl groups is 2. The van der Waals surface area contributed by atoms with Crippen molar-refractivity contribution in [1.82, 2.24) is 19.5 Å². The van der Waals surface area contributed by atoms with Crippen molar-refractivity contribution in [2.24, 2.45) is 5.84 Å². The Morgan fingerprint density at radius 3 is 2.42 bits per heavy atom. The second kappa shape index (κ2) is 5.97. The standard InChI is InChI=1S/C15H14N6O3/c1-9-18-14(21(16)10-4-6-17-7-5-10)19-15(24)20(9)11-2-3-12(22)13(23)8-11/h2-8,22-23H,16H2,1H3. The van der Waals surface area contributed by atoms with Crippen LogP contribution in [0.3, 0.4) is 0 Å². The number of phenolic OH excluding ortho intramolecular Hbond substituents is 2. The number of phenols is 2. The number of anilines is 2. The first-order valence-electron chi connectivity index (χ1n) is 6.92. The Bertz CT molecular complexity index is 942. The van der Waals surface area contributed by atoms with Crippen LogP contribution in [0, 0.1) is 6.92 Å². The highest BCUT2D eigenvalue weighted by atomic mass is 16.3. The highest BCUT2D eigenvalue weighted by Crippen LogP contribution is 2.26. The van der Waals surface area contributed by atoms with Gasteiger partial charge in [0.15, 0.2) is 11.5 Å². The van der Waals surface area contributed by atoms with Crippen LogP contribution >= 0.6 is 0 Å². The molecular weight excluding hydrogens is 312 g/mol. The first-order chi connectivity index (χ1) is 11.5. The van der Waals surface area contributed by atoms with Gasteiger partial charge in [0.2, 0.25) is 0 Å². The molecule has 0 aliphatic carbocycles. The van der Waals surface area contributed by atoms with Crippen LogP contribution in [0.5, 0.6) is 11.5 Å². The Morgan fingerprint density at radius 1 is 1.08 bits per heavy atom. The molecule has 24 heavy (non-hydrogen) atoms. The third kappa shape index (κ3) is 2.75. The summed E-state index contributed by atoms with van der Waals surface area (Å²) in [7, 11) is 0. The topological polar surface area (TPSA) is 130 Å². The summed E-state index contributed by atoms with van der Waals surface area (Å²) in [5.74, 6) is 5.66. The lowest BCUT2D eigenvalue weighted by atomic mass is 10.2. The second-order valence-electron chi connectivity index (χ2n) is 4.94. The van der Waals surface area contributed by atoms with E-state index in [1.165, 1.54) is 27.8 Å². The predicted octanol–water partition coefficient (Wildman–Crippen LogP) is 0.754. The fourth-order valence-corrected chi connectivity index (χ4v) is 2.17. The van der Waals surface area contributed by atoms with Crippen LogP contribution in [-0.4, -0.2) is 29.7 Å². The predicted molar refractivity (Wildman–Crippen MR) is 86.3 cm³/mol. The molecule has 0 radical (unpaired) electrons. The molecule has 0 unspecified atom stereocenters. The molecule has 3 aromatic rings. The molecule has 0 amide bonds. The van der Waals surface area contributed by atoms with E-state index in [9.17, 15) is 15.0 Å². The van der Waals surface area contributed by atoms with Crippen molar-refractivity contribution in [2.75, 3.05) is 5.01 Å². The number of nitrogens with zero attached hydrogens (tertiary/aromatic N) is 5. The van der Waals surface area contributed by atoms with E-state index < -0.39 is 5.69 Å². The summed E-state index contributed by atoms with van der Waals surface area (Å²) in [5.41, 5.74) is 0.280. The zero-order chi connectivity index (χ0) is 17.3. The molecule has 122 valence electrons. The summed E-state index contributed by atoms with van der Waals surface area (Å²) in [4.78, 5) is 24.4. The van der Waals surface area contributed by atoms with Gasteiger partial charge >= 0.3 is 5.69 Å². The number of nitrogens with two attached hydrogens (primary N) is 1. The van der Waals surface area contributed by atoms with E-state index in [1.54, 1.807) is 31.5 Å². The quantitative estimate of drug-likeness (QED) is 0.365. The summed E-state index contributed by atoms with van der Waals surface area (Å²) < 4.78 is 1.20. The number of aryl methyl sites for hydroxylation is 1. The molecule has 0 fully saturated rings. The van der Waals surface area contributed by atoms with Crippen molar-refractivity contribution in [1.29, 1.82) is 0 Å². The van der Waals surface area contributed by atoms with Crippen LogP contribution in [0.15, 0.2) is 47.5 Å². The summed E-state index contributed by atoms with van der Waals surface area (Å²) >= 11 is 0. The fourth-order valence-electron chi connectivity index (χ4n) is 2.17. The van der Waals surface area contributed by atoms with Gasteiger partial charge in [-0.25, -0.2) is 20.2 Å². The van der Waals surface area contributed by atoms with Gasteiger partial charge in [0, 0.05) is 18.5 Å². The third-order valence-corrected chi connectivity index (χ3v) is 3.35. The molecule has 2 heterocycles. The van der Waals surface area contributed by atoms with Crippen molar-refractivity contribution in [3.63, 3.8) is 0 Å². The Balaban J connectivity index is 2.06. The first-order valence-corrected chi connectivity index (χ1v) is 6.92. The molecule has 0 aliphatic heterocycles. The van der Waals surface area contributed by atoms with Crippen molar-refractivity contribution in [3.05, 3.63) is 59.0 Å². The van der Waals surface area contributed by atoms with E-state index in [2.05, 4.69) is 15.0 Å². The third-order valence-electron chi connectivity index (χ3n) is 3.35. The summed E-state index contributed by atoms with van der Waals surface area (Å²) in [5, 5.41) is 20.1. The summed E-state index contributed by atoms with van der Waals surface area (Å²) in [6, 6.07) is 7.30. The molecular formula is C15H14N6O3. The number of pyridine rings is 1. The van der Waals surface area contributed by atoms with Crippen LogP contribution in [-0.2, 0) is 0 Å². The van der Waals surface area contributed by atoms with E-state index in [0.717, 1.165) is 0 Å². The van der Waals surface area contributed by atoms with Crippen LogP contribution in [0.2, 0.25) is 0 Å². The molecule has 0 saturated heterocycles. The van der Waals surface area contributed by atoms with E-state index in [0.29, 0.717) is 17.2 Å². The van der Waals surface area contributed by atoms with Gasteiger partial charge in [-0.15, -0.1) is 0 Å². The Hall–Kier alpha value is -3.46. The zero-order valence-electron chi connectivity index (χ0n) is 12.7. The Kier molecular flexibility index (Phi) is 3.84. The fraction of sp³-hybridized carbons (Fsp3) is 0.0667. The van der Waals surface area contributed by atoms with Gasteiger partial charge < -0.3 is 10.2 Å². The number of hydrogen-bond acceptors (Lipinski definition) is 8. The van der Waals surface area contributed by atoms with Gasteiger partial charge in [0.05, 0.1) is 11.4 Å². The number of benzene rings is 1. The van der Waals surface area contributed by atoms with Gasteiger partial charge in [-0.2, -0.15) is 9.97 Å². The van der Waals surface area contributed by atoms with Gasteiger partial charge in [-0.05, 0) is 31.2 Å². The Morgan fingerprint density at radius 2 is 1.79 bits per heavy atom. The average Bonchev–Trinajstić information content (AvgIpc) is 2.57. The molecule has 9 nitrogen and oxygen atoms in total. The van der Waals surface area contributed by atoms with Gasteiger partial charge in [-0.3, -0.25) is 4.98 Å². The maximum absolute atomic E-state index is 12.4. The van der Waals surface area contributed by atoms with Crippen LogP contribution in [0.1, 0.15) is 5.82 Å². The SMILES string of the molecule is Cc1nc(N(N)c2ccncc2)nc(=O)n1-c1ccc(O)c(O)c1. The minimum Gasteiger partial charge on any atom is -0.504 e. The lowest BCUT2D eigenvalue weighted by Crippen LogP contribution is -2.33. The van der Waals surface area contributed by atoms with Crippen LogP contribution < -0.4 is 16.5 Å². The molecule has 0 aliphatic rings. The summed E-state index contributed by atoms with van der Waals surface area (Å²) in [6.45, 7) is 1.61. The summed E-state index contributed by atoms with van der Waals surface area (Å²) in [6.07, 6.45) is 3.12. The number of rotatable bonds is 3. The van der Waals surface area contributed by atoms with Crippen molar-refractivity contribution >= 4 is 11.6 Å². The zero-order valence-corrected chi connectivity index (χ0v) is 12.7. The molecule has 0 saturated carbocycles. The van der Waals surface area contributed by atoms with Gasteiger partial charge in [0.1, 0.15) is 5.82 Å². The highest BCUT2D eigenvalue weighted by molar-refractivity contribution is 5.54. The van der Waals surface area contributed by atoms with E-state index in [-0.39, 0.29) is 17.4 Å². The molecule has 3 rings (SSSR count). The number of hydrazine groups is 1. The van der Waals surface area contributed by atoms with E-state index in [4.69, 9.17) is 5.84 Å². The van der Waals surface area contributed by atoms with Gasteiger partial charge in [0.25, 0.3) is 5.95 Å². The molecule has 2 aromatic heterocycles. The van der Waals surface area contributed by atoms with Crippen molar-refractivity contribution in [3.8, 4) is 17.2 Å². The first kappa shape index (κ1) is 15.4. The normalized spacial score (nSPS) is 10.6. The average molecular weight is 326 g/mol. The maximum Gasteiger partial charge on any atom is 0.356 e. The molecule has 0 bridgehead atoms. The van der Waals surface area contributed by atoms with E-state index >= 15 is 0 Å². The lowest BCUT2D eigenvalue weighted by molar-refractivity contribution is 0.403. The molecule has 4 N–H and O–H groups in total. The van der Waals surface area contributed by atoms with Gasteiger partial charge in [-0.1, -0.05) is 0 Å². The number of hydrogen-bond donors (Lipinski definition) is 3. The Labute approximate surface area is 136 Å². The van der Waals surface area contributed by atoms with Crippen LogP contribution in [0.25, 0.3) is 5.69 Å². The maximum atomic E-state index is 12.4. The highest BCUT2D eigenvalue weighted by Gasteiger charge is 2.14. The minimum atomic E-state index is -0.618. The monoisotopic (exact) mass is 326 g/mol. The molecule has 0 atom stereocenters. The largest absolute Gasteiger partial charge is 0.504 e. The second-order valence-corrected chi connectivity index (χ2v) is 4.94. The smallest absolute Gasteiger partial charge is 0.356 e. The molecule has 1 aromatic carbocycles. The molecule has 9 heteroatoms. The van der Waals surface area contributed by atoms with Crippen LogP contribution in [0.4, 0.5) is 11.6 Å². The van der Waals surface area contributed by atoms with Crippen molar-refractivity contribution < 1.29 is 10.2 Å². The van der Waals surface area contributed by atoms with Crippen molar-refractivity contribution in [2.45, 2.75) is 6.92 Å². The van der Waals surface area contributed by atoms with E-state index in [1.807, 2.05) is 0 Å². The minimum absolute atomic E-state index is 0.0305. The number of aromatic nitrogens is 4.